The number of furan rings is 1. The molecule has 1 heterocycles. The number of benzene rings is 6. The van der Waals surface area contributed by atoms with Gasteiger partial charge in [-0.3, -0.25) is 0 Å². The maximum absolute atomic E-state index is 6.66. The Morgan fingerprint density at radius 3 is 1.63 bits per heavy atom. The Bertz CT molecular complexity index is 2600. The van der Waals surface area contributed by atoms with Crippen molar-refractivity contribution >= 4 is 39.0 Å². The molecule has 2 aliphatic carbocycles. The lowest BCUT2D eigenvalue weighted by molar-refractivity contribution is 0.584. The molecule has 2 aliphatic rings. The molecule has 0 amide bonds. The van der Waals surface area contributed by atoms with Crippen molar-refractivity contribution in [2.75, 3.05) is 4.90 Å². The normalized spacial score (nSPS) is 15.4. The molecule has 0 saturated carbocycles. The second kappa shape index (κ2) is 10.7. The van der Waals surface area contributed by atoms with E-state index < -0.39 is 0 Å². The van der Waals surface area contributed by atoms with Crippen LogP contribution in [0.1, 0.15) is 103 Å². The first-order valence-corrected chi connectivity index (χ1v) is 18.9. The SMILES string of the molecule is CC(C)(C)c1ccc2c(c1)C(C)(C)c1cc(N(c3ccc4c(c3)C(C)(C)c3ccccc3-4)c3ccc4c(c3)oc3cccc(C(C)(C)C)c34)ccc1-2. The van der Waals surface area contributed by atoms with Crippen LogP contribution in [-0.4, -0.2) is 0 Å². The third-order valence-corrected chi connectivity index (χ3v) is 12.2. The zero-order chi connectivity index (χ0) is 36.5. The van der Waals surface area contributed by atoms with Gasteiger partial charge >= 0.3 is 0 Å². The van der Waals surface area contributed by atoms with Crippen LogP contribution in [0.15, 0.2) is 120 Å². The van der Waals surface area contributed by atoms with Crippen LogP contribution in [-0.2, 0) is 21.7 Å². The molecule has 7 aromatic rings. The van der Waals surface area contributed by atoms with E-state index in [1.54, 1.807) is 0 Å². The predicted molar refractivity (Wildman–Crippen MR) is 221 cm³/mol. The molecule has 6 aromatic carbocycles. The Hall–Kier alpha value is -5.08. The lowest BCUT2D eigenvalue weighted by Crippen LogP contribution is -2.19. The van der Waals surface area contributed by atoms with Crippen LogP contribution < -0.4 is 4.90 Å². The second-order valence-corrected chi connectivity index (χ2v) is 18.3. The standard InChI is InChI=1S/C50H49NO/c1-47(2,3)30-18-22-35-37-24-20-32(28-43(37)50(9,10)41(35)26-30)51(31-19-23-36-34-14-11-12-15-39(34)49(7,8)42(36)27-31)33-21-25-38-45(29-33)52-44-17-13-16-40(46(38)44)48(4,5)6/h11-29H,1-10H3. The van der Waals surface area contributed by atoms with Gasteiger partial charge in [0.1, 0.15) is 11.2 Å². The summed E-state index contributed by atoms with van der Waals surface area (Å²) in [5.41, 5.74) is 18.6. The van der Waals surface area contributed by atoms with Gasteiger partial charge in [-0.25, -0.2) is 0 Å². The zero-order valence-corrected chi connectivity index (χ0v) is 32.3. The molecular formula is C50H49NO. The lowest BCUT2D eigenvalue weighted by atomic mass is 9.79. The fourth-order valence-electron chi connectivity index (χ4n) is 9.19. The Morgan fingerprint density at radius 1 is 0.462 bits per heavy atom. The van der Waals surface area contributed by atoms with Crippen LogP contribution in [0.4, 0.5) is 17.1 Å². The summed E-state index contributed by atoms with van der Waals surface area (Å²) in [6.07, 6.45) is 0. The van der Waals surface area contributed by atoms with E-state index in [0.29, 0.717) is 0 Å². The molecule has 0 bridgehead atoms. The fraction of sp³-hybridized carbons (Fsp3) is 0.280. The fourth-order valence-corrected chi connectivity index (χ4v) is 9.19. The average Bonchev–Trinajstić information content (AvgIpc) is 3.66. The quantitative estimate of drug-likeness (QED) is 0.185. The van der Waals surface area contributed by atoms with Gasteiger partial charge in [-0.1, -0.05) is 136 Å². The van der Waals surface area contributed by atoms with Crippen molar-refractivity contribution in [3.8, 4) is 22.3 Å². The maximum Gasteiger partial charge on any atom is 0.137 e. The van der Waals surface area contributed by atoms with Crippen LogP contribution in [0.5, 0.6) is 0 Å². The molecule has 260 valence electrons. The van der Waals surface area contributed by atoms with Crippen molar-refractivity contribution in [3.05, 3.63) is 149 Å². The molecule has 2 nitrogen and oxygen atoms in total. The molecule has 2 heteroatoms. The number of hydrogen-bond donors (Lipinski definition) is 0. The lowest BCUT2D eigenvalue weighted by Gasteiger charge is -2.30. The summed E-state index contributed by atoms with van der Waals surface area (Å²) in [5, 5.41) is 2.38. The molecule has 0 N–H and O–H groups in total. The van der Waals surface area contributed by atoms with Crippen molar-refractivity contribution in [3.63, 3.8) is 0 Å². The Balaban J connectivity index is 1.25. The number of rotatable bonds is 3. The minimum atomic E-state index is -0.138. The molecule has 9 rings (SSSR count). The Kier molecular flexibility index (Phi) is 6.77. The van der Waals surface area contributed by atoms with E-state index >= 15 is 0 Å². The molecule has 0 atom stereocenters. The smallest absolute Gasteiger partial charge is 0.137 e. The first-order chi connectivity index (χ1) is 24.5. The van der Waals surface area contributed by atoms with Crippen molar-refractivity contribution in [2.45, 2.75) is 90.9 Å². The molecule has 0 aliphatic heterocycles. The highest BCUT2D eigenvalue weighted by Crippen LogP contribution is 2.54. The van der Waals surface area contributed by atoms with E-state index in [1.807, 2.05) is 0 Å². The summed E-state index contributed by atoms with van der Waals surface area (Å²) >= 11 is 0. The third-order valence-electron chi connectivity index (χ3n) is 12.2. The number of nitrogens with zero attached hydrogens (tertiary/aromatic N) is 1. The van der Waals surface area contributed by atoms with Gasteiger partial charge in [0, 0.05) is 44.7 Å². The molecule has 0 unspecified atom stereocenters. The van der Waals surface area contributed by atoms with Crippen LogP contribution in [0.2, 0.25) is 0 Å². The van der Waals surface area contributed by atoms with Crippen molar-refractivity contribution < 1.29 is 4.42 Å². The van der Waals surface area contributed by atoms with Crippen LogP contribution >= 0.6 is 0 Å². The monoisotopic (exact) mass is 679 g/mol. The average molecular weight is 680 g/mol. The summed E-state index contributed by atoms with van der Waals surface area (Å²) in [6, 6.07) is 43.5. The van der Waals surface area contributed by atoms with Gasteiger partial charge in [0.25, 0.3) is 0 Å². The summed E-state index contributed by atoms with van der Waals surface area (Å²) in [7, 11) is 0. The number of anilines is 3. The summed E-state index contributed by atoms with van der Waals surface area (Å²) in [4.78, 5) is 2.44. The van der Waals surface area contributed by atoms with Gasteiger partial charge in [0.15, 0.2) is 0 Å². The van der Waals surface area contributed by atoms with Crippen molar-refractivity contribution in [2.24, 2.45) is 0 Å². The molecule has 0 spiro atoms. The minimum absolute atomic E-state index is 0.00173. The molecular weight excluding hydrogens is 631 g/mol. The zero-order valence-electron chi connectivity index (χ0n) is 32.3. The van der Waals surface area contributed by atoms with E-state index in [-0.39, 0.29) is 21.7 Å². The molecule has 0 fully saturated rings. The number of fused-ring (bicyclic) bond motifs is 9. The topological polar surface area (TPSA) is 16.4 Å². The molecule has 52 heavy (non-hydrogen) atoms. The van der Waals surface area contributed by atoms with E-state index in [9.17, 15) is 0 Å². The maximum atomic E-state index is 6.66. The van der Waals surface area contributed by atoms with Gasteiger partial charge in [0.05, 0.1) is 0 Å². The highest BCUT2D eigenvalue weighted by Gasteiger charge is 2.38. The van der Waals surface area contributed by atoms with Crippen molar-refractivity contribution in [1.29, 1.82) is 0 Å². The summed E-state index contributed by atoms with van der Waals surface area (Å²) in [6.45, 7) is 23.3. The van der Waals surface area contributed by atoms with Gasteiger partial charge < -0.3 is 9.32 Å². The van der Waals surface area contributed by atoms with Crippen LogP contribution in [0.25, 0.3) is 44.2 Å². The first kappa shape index (κ1) is 32.8. The third kappa shape index (κ3) is 4.69. The van der Waals surface area contributed by atoms with Gasteiger partial charge in [0.2, 0.25) is 0 Å². The summed E-state index contributed by atoms with van der Waals surface area (Å²) < 4.78 is 6.66. The van der Waals surface area contributed by atoms with Crippen LogP contribution in [0.3, 0.4) is 0 Å². The second-order valence-electron chi connectivity index (χ2n) is 18.3. The summed E-state index contributed by atoms with van der Waals surface area (Å²) in [5.74, 6) is 0. The van der Waals surface area contributed by atoms with E-state index in [1.165, 1.54) is 61.0 Å². The molecule has 0 saturated heterocycles. The first-order valence-electron chi connectivity index (χ1n) is 18.9. The van der Waals surface area contributed by atoms with Gasteiger partial charge in [-0.2, -0.15) is 0 Å². The van der Waals surface area contributed by atoms with E-state index in [0.717, 1.165) is 33.6 Å². The van der Waals surface area contributed by atoms with E-state index in [2.05, 4.69) is 189 Å². The molecule has 0 radical (unpaired) electrons. The Labute approximate surface area is 309 Å². The van der Waals surface area contributed by atoms with Gasteiger partial charge in [-0.15, -0.1) is 0 Å². The minimum Gasteiger partial charge on any atom is -0.456 e. The van der Waals surface area contributed by atoms with Crippen LogP contribution in [0, 0.1) is 0 Å². The van der Waals surface area contributed by atoms with E-state index in [4.69, 9.17) is 4.42 Å². The predicted octanol–water partition coefficient (Wildman–Crippen LogP) is 14.3. The highest BCUT2D eigenvalue weighted by molar-refractivity contribution is 6.08. The highest BCUT2D eigenvalue weighted by atomic mass is 16.3. The Morgan fingerprint density at radius 2 is 1.00 bits per heavy atom. The molecule has 1 aromatic heterocycles. The van der Waals surface area contributed by atoms with Crippen molar-refractivity contribution in [1.82, 2.24) is 0 Å². The van der Waals surface area contributed by atoms with Gasteiger partial charge in [-0.05, 0) is 109 Å². The number of hydrogen-bond acceptors (Lipinski definition) is 2. The largest absolute Gasteiger partial charge is 0.456 e.